The molecule has 182 valence electrons. The van der Waals surface area contributed by atoms with Gasteiger partial charge < -0.3 is 10.1 Å². The quantitative estimate of drug-likeness (QED) is 0.519. The smallest absolute Gasteiger partial charge is 0.229 e. The van der Waals surface area contributed by atoms with Gasteiger partial charge >= 0.3 is 0 Å². The lowest BCUT2D eigenvalue weighted by Gasteiger charge is -2.42. The molecule has 6 nitrogen and oxygen atoms in total. The van der Waals surface area contributed by atoms with E-state index in [0.717, 1.165) is 73.5 Å². The SMILES string of the molecule is CC1(N2CCC(c3cc4cc(NC(=O)C5CC5c5ccccn5)ncc4cc3Cl)CC2)CCOC1. The molecule has 35 heavy (non-hydrogen) atoms. The van der Waals surface area contributed by atoms with Crippen LogP contribution in [0.5, 0.6) is 0 Å². The molecule has 0 bridgehead atoms. The van der Waals surface area contributed by atoms with E-state index in [1.54, 1.807) is 12.4 Å². The number of anilines is 1. The highest BCUT2D eigenvalue weighted by Gasteiger charge is 2.45. The number of nitrogens with one attached hydrogen (secondary N) is 1. The van der Waals surface area contributed by atoms with Crippen molar-refractivity contribution in [1.82, 2.24) is 14.9 Å². The van der Waals surface area contributed by atoms with Gasteiger partial charge in [-0.3, -0.25) is 14.7 Å². The number of ether oxygens (including phenoxy) is 1. The van der Waals surface area contributed by atoms with E-state index < -0.39 is 0 Å². The maximum Gasteiger partial charge on any atom is 0.229 e. The Hall–Kier alpha value is -2.54. The van der Waals surface area contributed by atoms with Crippen molar-refractivity contribution in [2.75, 3.05) is 31.6 Å². The normalized spacial score (nSPS) is 27.3. The molecule has 3 fully saturated rings. The first-order chi connectivity index (χ1) is 17.0. The van der Waals surface area contributed by atoms with Gasteiger partial charge in [0.15, 0.2) is 0 Å². The molecule has 7 heteroatoms. The molecule has 1 N–H and O–H groups in total. The van der Waals surface area contributed by atoms with E-state index in [2.05, 4.69) is 33.2 Å². The number of rotatable bonds is 5. The number of hydrogen-bond donors (Lipinski definition) is 1. The number of nitrogens with zero attached hydrogens (tertiary/aromatic N) is 3. The monoisotopic (exact) mass is 490 g/mol. The van der Waals surface area contributed by atoms with Gasteiger partial charge in [-0.1, -0.05) is 17.7 Å². The minimum atomic E-state index is -0.0412. The third-order valence-electron chi connectivity index (χ3n) is 8.18. The van der Waals surface area contributed by atoms with Crippen LogP contribution in [0.3, 0.4) is 0 Å². The molecular formula is C28H31ClN4O2. The van der Waals surface area contributed by atoms with Crippen molar-refractivity contribution in [1.29, 1.82) is 0 Å². The van der Waals surface area contributed by atoms with Crippen molar-refractivity contribution in [3.05, 3.63) is 65.1 Å². The number of fused-ring (bicyclic) bond motifs is 1. The average molecular weight is 491 g/mol. The number of aromatic nitrogens is 2. The molecule has 1 aliphatic carbocycles. The number of pyridine rings is 2. The first-order valence-corrected chi connectivity index (χ1v) is 13.0. The third-order valence-corrected chi connectivity index (χ3v) is 8.51. The molecule has 0 radical (unpaired) electrons. The van der Waals surface area contributed by atoms with E-state index in [1.807, 2.05) is 30.3 Å². The molecule has 2 aliphatic heterocycles. The van der Waals surface area contributed by atoms with E-state index >= 15 is 0 Å². The first-order valence-electron chi connectivity index (χ1n) is 12.6. The number of benzene rings is 1. The Morgan fingerprint density at radius 3 is 2.77 bits per heavy atom. The Morgan fingerprint density at radius 2 is 2.03 bits per heavy atom. The summed E-state index contributed by atoms with van der Waals surface area (Å²) in [5.74, 6) is 1.20. The lowest BCUT2D eigenvalue weighted by atomic mass is 9.86. The number of halogens is 1. The minimum Gasteiger partial charge on any atom is -0.379 e. The first kappa shape index (κ1) is 22.9. The highest BCUT2D eigenvalue weighted by atomic mass is 35.5. The predicted octanol–water partition coefficient (Wildman–Crippen LogP) is 5.38. The van der Waals surface area contributed by atoms with Crippen LogP contribution in [0.2, 0.25) is 5.02 Å². The molecule has 3 aliphatic rings. The second kappa shape index (κ2) is 9.16. The van der Waals surface area contributed by atoms with Crippen molar-refractivity contribution in [2.45, 2.75) is 50.0 Å². The van der Waals surface area contributed by atoms with Crippen LogP contribution in [0.1, 0.15) is 55.7 Å². The van der Waals surface area contributed by atoms with Crippen LogP contribution < -0.4 is 5.32 Å². The maximum absolute atomic E-state index is 12.8. The Kier molecular flexibility index (Phi) is 5.99. The predicted molar refractivity (Wildman–Crippen MR) is 138 cm³/mol. The zero-order valence-electron chi connectivity index (χ0n) is 20.0. The van der Waals surface area contributed by atoms with Gasteiger partial charge in [0, 0.05) is 52.5 Å². The summed E-state index contributed by atoms with van der Waals surface area (Å²) in [5, 5.41) is 5.88. The van der Waals surface area contributed by atoms with Crippen molar-refractivity contribution in [2.24, 2.45) is 5.92 Å². The van der Waals surface area contributed by atoms with Gasteiger partial charge in [-0.25, -0.2) is 4.98 Å². The van der Waals surface area contributed by atoms with Gasteiger partial charge in [-0.15, -0.1) is 0 Å². The van der Waals surface area contributed by atoms with Crippen LogP contribution in [0, 0.1) is 5.92 Å². The molecular weight excluding hydrogens is 460 g/mol. The third kappa shape index (κ3) is 4.55. The fourth-order valence-electron chi connectivity index (χ4n) is 5.83. The zero-order valence-corrected chi connectivity index (χ0v) is 20.8. The molecule has 2 aromatic heterocycles. The molecule has 2 saturated heterocycles. The molecule has 1 amide bonds. The van der Waals surface area contributed by atoms with Crippen molar-refractivity contribution in [3.8, 4) is 0 Å². The second-order valence-corrected chi connectivity index (χ2v) is 11.0. The van der Waals surface area contributed by atoms with Gasteiger partial charge in [0.2, 0.25) is 5.91 Å². The summed E-state index contributed by atoms with van der Waals surface area (Å²) in [5.41, 5.74) is 2.36. The number of carbonyl (C=O) groups is 1. The van der Waals surface area contributed by atoms with E-state index in [-0.39, 0.29) is 23.3 Å². The lowest BCUT2D eigenvalue weighted by molar-refractivity contribution is -0.117. The van der Waals surface area contributed by atoms with E-state index in [1.165, 1.54) is 5.56 Å². The van der Waals surface area contributed by atoms with E-state index in [0.29, 0.717) is 11.7 Å². The van der Waals surface area contributed by atoms with Gasteiger partial charge in [0.05, 0.1) is 6.61 Å². The fourth-order valence-corrected chi connectivity index (χ4v) is 6.15. The van der Waals surface area contributed by atoms with E-state index in [4.69, 9.17) is 16.3 Å². The minimum absolute atomic E-state index is 0.0125. The van der Waals surface area contributed by atoms with Crippen LogP contribution >= 0.6 is 11.6 Å². The fraction of sp³-hybridized carbons (Fsp3) is 0.464. The summed E-state index contributed by atoms with van der Waals surface area (Å²) in [6.07, 6.45) is 7.70. The standard InChI is InChI=1S/C28H31ClN4O2/c1-28(7-11-35-17-28)33-9-5-18(6-10-33)21-12-19-14-26(31-16-20(19)13-24(21)29)32-27(34)23-15-22(23)25-4-2-3-8-30-25/h2-4,8,12-14,16,18,22-23H,5-7,9-11,15,17H2,1H3,(H,31,32,34). The summed E-state index contributed by atoms with van der Waals surface area (Å²) in [6.45, 7) is 6.15. The Morgan fingerprint density at radius 1 is 1.17 bits per heavy atom. The summed E-state index contributed by atoms with van der Waals surface area (Å²) in [4.78, 5) is 24.3. The van der Waals surface area contributed by atoms with Crippen LogP contribution in [0.25, 0.3) is 10.8 Å². The number of carbonyl (C=O) groups excluding carboxylic acids is 1. The van der Waals surface area contributed by atoms with Crippen LogP contribution in [-0.2, 0) is 9.53 Å². The molecule has 1 aromatic carbocycles. The molecule has 3 atom stereocenters. The molecule has 4 heterocycles. The van der Waals surface area contributed by atoms with Gasteiger partial charge in [0.1, 0.15) is 5.82 Å². The van der Waals surface area contributed by atoms with Crippen LogP contribution in [0.15, 0.2) is 48.8 Å². The highest BCUT2D eigenvalue weighted by molar-refractivity contribution is 6.32. The summed E-state index contributed by atoms with van der Waals surface area (Å²) < 4.78 is 5.68. The van der Waals surface area contributed by atoms with E-state index in [9.17, 15) is 4.79 Å². The largest absolute Gasteiger partial charge is 0.379 e. The molecule has 0 spiro atoms. The topological polar surface area (TPSA) is 67.4 Å². The Balaban J connectivity index is 1.15. The van der Waals surface area contributed by atoms with Crippen molar-refractivity contribution >= 4 is 34.1 Å². The second-order valence-electron chi connectivity index (χ2n) is 10.5. The molecule has 1 saturated carbocycles. The summed E-state index contributed by atoms with van der Waals surface area (Å²) >= 11 is 6.74. The summed E-state index contributed by atoms with van der Waals surface area (Å²) in [6, 6.07) is 12.0. The van der Waals surface area contributed by atoms with Crippen LogP contribution in [0.4, 0.5) is 5.82 Å². The number of amides is 1. The molecule has 6 rings (SSSR count). The Bertz CT molecular complexity index is 1240. The number of hydrogen-bond acceptors (Lipinski definition) is 5. The van der Waals surface area contributed by atoms with Crippen molar-refractivity contribution < 1.29 is 9.53 Å². The Labute approximate surface area is 211 Å². The summed E-state index contributed by atoms with van der Waals surface area (Å²) in [7, 11) is 0. The number of piperidine rings is 1. The van der Waals surface area contributed by atoms with Gasteiger partial charge in [-0.2, -0.15) is 0 Å². The highest BCUT2D eigenvalue weighted by Crippen LogP contribution is 2.47. The number of likely N-dealkylation sites (tertiary alicyclic amines) is 1. The molecule has 3 aromatic rings. The lowest BCUT2D eigenvalue weighted by Crippen LogP contribution is -2.50. The van der Waals surface area contributed by atoms with Crippen molar-refractivity contribution in [3.63, 3.8) is 0 Å². The zero-order chi connectivity index (χ0) is 24.0. The average Bonchev–Trinajstić information content (AvgIpc) is 3.57. The van der Waals surface area contributed by atoms with Gasteiger partial charge in [-0.05, 0) is 92.9 Å². The van der Waals surface area contributed by atoms with Gasteiger partial charge in [0.25, 0.3) is 0 Å². The molecule has 3 unspecified atom stereocenters. The maximum atomic E-state index is 12.8. The van der Waals surface area contributed by atoms with Crippen LogP contribution in [-0.4, -0.2) is 52.6 Å².